The molecule has 0 unspecified atom stereocenters. The van der Waals surface area contributed by atoms with Gasteiger partial charge in [0.2, 0.25) is 11.6 Å². The second-order valence-electron chi connectivity index (χ2n) is 7.49. The minimum atomic E-state index is -0.849. The Morgan fingerprint density at radius 1 is 0.960 bits per heavy atom. The molecule has 0 heterocycles. The van der Waals surface area contributed by atoms with E-state index >= 15 is 0 Å². The third-order valence-corrected chi connectivity index (χ3v) is 4.64. The van der Waals surface area contributed by atoms with E-state index in [0.717, 1.165) is 19.3 Å². The number of hydrogen-bond acceptors (Lipinski definition) is 4. The molecule has 0 spiro atoms. The topological polar surface area (TPSA) is 63.6 Å². The predicted molar refractivity (Wildman–Crippen MR) is 100 cm³/mol. The zero-order chi connectivity index (χ0) is 19.4. The first-order valence-corrected chi connectivity index (χ1v) is 8.73. The van der Waals surface area contributed by atoms with Crippen LogP contribution in [0.3, 0.4) is 0 Å². The minimum Gasteiger partial charge on any atom is -0.504 e. The van der Waals surface area contributed by atoms with Crippen molar-refractivity contribution in [3.05, 3.63) is 48.0 Å². The maximum Gasteiger partial charge on any atom is 0.228 e. The van der Waals surface area contributed by atoms with Crippen LogP contribution in [0.25, 0.3) is 0 Å². The highest BCUT2D eigenvalue weighted by molar-refractivity contribution is 6.24. The van der Waals surface area contributed by atoms with Crippen molar-refractivity contribution in [3.63, 3.8) is 0 Å². The predicted octanol–water partition coefficient (Wildman–Crippen LogP) is 4.84. The van der Waals surface area contributed by atoms with E-state index in [-0.39, 0.29) is 16.9 Å². The normalized spacial score (nSPS) is 16.4. The van der Waals surface area contributed by atoms with E-state index in [1.807, 2.05) is 0 Å². The smallest absolute Gasteiger partial charge is 0.228 e. The molecule has 0 aromatic carbocycles. The van der Waals surface area contributed by atoms with Gasteiger partial charge in [0.05, 0.1) is 17.8 Å². The van der Waals surface area contributed by atoms with Gasteiger partial charge in [-0.3, -0.25) is 9.59 Å². The molecular formula is C21H30O4. The zero-order valence-corrected chi connectivity index (χ0v) is 16.1. The molecule has 0 bridgehead atoms. The first-order valence-electron chi connectivity index (χ1n) is 8.73. The number of carbonyl (C=O) groups is 2. The van der Waals surface area contributed by atoms with Crippen LogP contribution in [0, 0.1) is 10.8 Å². The monoisotopic (exact) mass is 346 g/mol. The van der Waals surface area contributed by atoms with Gasteiger partial charge in [0.1, 0.15) is 0 Å². The highest BCUT2D eigenvalue weighted by Gasteiger charge is 2.45. The number of ether oxygens (including phenoxy) is 1. The first kappa shape index (κ1) is 20.9. The molecule has 0 radical (unpaired) electrons. The van der Waals surface area contributed by atoms with Crippen molar-refractivity contribution in [3.8, 4) is 0 Å². The van der Waals surface area contributed by atoms with E-state index in [4.69, 9.17) is 4.74 Å². The molecule has 1 aliphatic carbocycles. The number of unbranched alkanes of at least 4 members (excludes halogenated alkanes) is 2. The number of ketones is 2. The second-order valence-corrected chi connectivity index (χ2v) is 7.49. The Balaban J connectivity index is 3.48. The highest BCUT2D eigenvalue weighted by Crippen LogP contribution is 2.42. The van der Waals surface area contributed by atoms with Crippen LogP contribution in [0.5, 0.6) is 0 Å². The minimum absolute atomic E-state index is 0.0220. The van der Waals surface area contributed by atoms with Gasteiger partial charge in [0, 0.05) is 10.8 Å². The van der Waals surface area contributed by atoms with Crippen LogP contribution in [0.4, 0.5) is 0 Å². The summed E-state index contributed by atoms with van der Waals surface area (Å²) in [5.41, 5.74) is -1.46. The Morgan fingerprint density at radius 2 is 1.48 bits per heavy atom. The van der Waals surface area contributed by atoms with Crippen molar-refractivity contribution >= 4 is 11.6 Å². The lowest BCUT2D eigenvalue weighted by molar-refractivity contribution is -0.122. The Labute approximate surface area is 151 Å². The van der Waals surface area contributed by atoms with Crippen LogP contribution in [-0.2, 0) is 14.3 Å². The van der Waals surface area contributed by atoms with Crippen LogP contribution >= 0.6 is 0 Å². The number of allylic oxidation sites excluding steroid dienone is 4. The van der Waals surface area contributed by atoms with Crippen molar-refractivity contribution in [2.75, 3.05) is 6.61 Å². The van der Waals surface area contributed by atoms with Gasteiger partial charge in [-0.15, -0.1) is 13.2 Å². The maximum absolute atomic E-state index is 13.1. The molecule has 0 saturated heterocycles. The molecule has 138 valence electrons. The summed E-state index contributed by atoms with van der Waals surface area (Å²) in [4.78, 5) is 26.0. The molecule has 25 heavy (non-hydrogen) atoms. The summed E-state index contributed by atoms with van der Waals surface area (Å²) in [6.45, 7) is 16.9. The molecule has 0 saturated carbocycles. The maximum atomic E-state index is 13.1. The number of hydrogen-bond donors (Lipinski definition) is 1. The number of aliphatic hydroxyl groups is 1. The van der Waals surface area contributed by atoms with E-state index in [2.05, 4.69) is 20.1 Å². The van der Waals surface area contributed by atoms with Crippen molar-refractivity contribution < 1.29 is 19.4 Å². The van der Waals surface area contributed by atoms with Crippen molar-refractivity contribution in [2.24, 2.45) is 10.8 Å². The molecule has 0 aromatic rings. The lowest BCUT2D eigenvalue weighted by atomic mass is 9.71. The Morgan fingerprint density at radius 3 is 1.96 bits per heavy atom. The summed E-state index contributed by atoms with van der Waals surface area (Å²) < 4.78 is 5.77. The summed E-state index contributed by atoms with van der Waals surface area (Å²) in [6.07, 6.45) is 5.92. The van der Waals surface area contributed by atoms with Gasteiger partial charge in [0.25, 0.3) is 0 Å². The molecule has 1 rings (SSSR count). The number of Topliss-reactive ketones (excluding diaryl/α,β-unsaturated/α-hetero) is 2. The second kappa shape index (κ2) is 7.85. The largest absolute Gasteiger partial charge is 0.504 e. The third-order valence-electron chi connectivity index (χ3n) is 4.64. The average molecular weight is 346 g/mol. The standard InChI is InChI=1S/C21H30O4/c1-8-11-12-13-25-19-15(21(6,7)10-3)17(23)16(22)14(18(19)24)20(4,5)9-2/h9-10,22H,2-3,8,11-13H2,1,4-7H3. The zero-order valence-electron chi connectivity index (χ0n) is 16.1. The van der Waals surface area contributed by atoms with Crippen LogP contribution in [-0.4, -0.2) is 23.3 Å². The molecule has 0 fully saturated rings. The third kappa shape index (κ3) is 4.12. The van der Waals surface area contributed by atoms with Crippen molar-refractivity contribution in [1.29, 1.82) is 0 Å². The van der Waals surface area contributed by atoms with Gasteiger partial charge in [-0.05, 0) is 6.42 Å². The van der Waals surface area contributed by atoms with Gasteiger partial charge in [-0.2, -0.15) is 0 Å². The lowest BCUT2D eigenvalue weighted by Crippen LogP contribution is -2.36. The summed E-state index contributed by atoms with van der Waals surface area (Å²) in [6, 6.07) is 0. The number of aliphatic hydroxyl groups excluding tert-OH is 1. The fourth-order valence-corrected chi connectivity index (χ4v) is 2.72. The Kier molecular flexibility index (Phi) is 6.58. The summed E-state index contributed by atoms with van der Waals surface area (Å²) >= 11 is 0. The molecule has 4 heteroatoms. The SMILES string of the molecule is C=CC(C)(C)C1=C(O)C(=O)C(C(C)(C)C=C)=C(OCCCCC)C1=O. The van der Waals surface area contributed by atoms with Crippen molar-refractivity contribution in [2.45, 2.75) is 53.9 Å². The van der Waals surface area contributed by atoms with Crippen molar-refractivity contribution in [1.82, 2.24) is 0 Å². The molecular weight excluding hydrogens is 316 g/mol. The van der Waals surface area contributed by atoms with E-state index in [1.54, 1.807) is 39.8 Å². The lowest BCUT2D eigenvalue weighted by Gasteiger charge is -2.33. The fraction of sp³-hybridized carbons (Fsp3) is 0.524. The van der Waals surface area contributed by atoms with Gasteiger partial charge < -0.3 is 9.84 Å². The molecule has 4 nitrogen and oxygen atoms in total. The molecule has 0 atom stereocenters. The van der Waals surface area contributed by atoms with Crippen LogP contribution in [0.2, 0.25) is 0 Å². The van der Waals surface area contributed by atoms with E-state index in [0.29, 0.717) is 6.61 Å². The summed E-state index contributed by atoms with van der Waals surface area (Å²) in [5.74, 6) is -1.54. The average Bonchev–Trinajstić information content (AvgIpc) is 2.55. The Bertz CT molecular complexity index is 645. The first-order chi connectivity index (χ1) is 11.5. The van der Waals surface area contributed by atoms with E-state index in [1.165, 1.54) is 0 Å². The highest BCUT2D eigenvalue weighted by atomic mass is 16.5. The molecule has 0 aliphatic heterocycles. The molecule has 1 aliphatic rings. The van der Waals surface area contributed by atoms with Gasteiger partial charge in [-0.25, -0.2) is 0 Å². The van der Waals surface area contributed by atoms with Crippen LogP contribution in [0.1, 0.15) is 53.9 Å². The summed E-state index contributed by atoms with van der Waals surface area (Å²) in [5, 5.41) is 10.5. The fourth-order valence-electron chi connectivity index (χ4n) is 2.72. The Hall–Kier alpha value is -2.10. The molecule has 0 aromatic heterocycles. The van der Waals surface area contributed by atoms with Crippen LogP contribution < -0.4 is 0 Å². The van der Waals surface area contributed by atoms with Gasteiger partial charge in [-0.1, -0.05) is 59.6 Å². The quantitative estimate of drug-likeness (QED) is 0.369. The number of rotatable bonds is 9. The van der Waals surface area contributed by atoms with Gasteiger partial charge in [0.15, 0.2) is 11.5 Å². The summed E-state index contributed by atoms with van der Waals surface area (Å²) in [7, 11) is 0. The van der Waals surface area contributed by atoms with E-state index in [9.17, 15) is 14.7 Å². The molecule has 1 N–H and O–H groups in total. The number of carbonyl (C=O) groups excluding carboxylic acids is 2. The molecule has 0 amide bonds. The van der Waals surface area contributed by atoms with Gasteiger partial charge >= 0.3 is 0 Å². The van der Waals surface area contributed by atoms with E-state index < -0.39 is 28.2 Å². The van der Waals surface area contributed by atoms with Crippen LogP contribution in [0.15, 0.2) is 48.0 Å².